The third-order valence-corrected chi connectivity index (χ3v) is 8.63. The van der Waals surface area contributed by atoms with Crippen LogP contribution in [0.2, 0.25) is 0 Å². The number of likely N-dealkylation sites (tertiary alicyclic amines) is 1. The Morgan fingerprint density at radius 3 is 2.68 bits per heavy atom. The fraction of sp³-hybridized carbons (Fsp3) is 0.312. The number of halogens is 1. The van der Waals surface area contributed by atoms with Gasteiger partial charge in [0.15, 0.2) is 5.69 Å². The number of allylic oxidation sites excluding steroid dienone is 2. The van der Waals surface area contributed by atoms with E-state index in [1.54, 1.807) is 31.3 Å². The lowest BCUT2D eigenvalue weighted by Gasteiger charge is -2.27. The number of aryl methyl sites for hydroxylation is 1. The molecule has 0 radical (unpaired) electrons. The van der Waals surface area contributed by atoms with Crippen LogP contribution in [-0.2, 0) is 28.7 Å². The summed E-state index contributed by atoms with van der Waals surface area (Å²) in [5, 5.41) is 16.2. The molecule has 1 aliphatic heterocycles. The number of benzene rings is 1. The maximum atomic E-state index is 14.7. The monoisotopic (exact) mass is 596 g/mol. The number of nitrogens with two attached hydrogens (primary N) is 1. The summed E-state index contributed by atoms with van der Waals surface area (Å²) in [6, 6.07) is 8.92. The zero-order valence-electron chi connectivity index (χ0n) is 24.5. The second kappa shape index (κ2) is 11.2. The van der Waals surface area contributed by atoms with Crippen LogP contribution in [0, 0.1) is 6.92 Å². The maximum Gasteiger partial charge on any atom is 0.269 e. The fourth-order valence-electron chi connectivity index (χ4n) is 5.96. The quantitative estimate of drug-likeness (QED) is 0.285. The van der Waals surface area contributed by atoms with Crippen LogP contribution in [-0.4, -0.2) is 65.9 Å². The predicted octanol–water partition coefficient (Wildman–Crippen LogP) is 3.04. The number of carbonyl (C=O) groups is 3. The molecule has 1 aliphatic carbocycles. The van der Waals surface area contributed by atoms with Crippen molar-refractivity contribution in [1.29, 1.82) is 0 Å². The third kappa shape index (κ3) is 5.27. The molecule has 12 heteroatoms. The summed E-state index contributed by atoms with van der Waals surface area (Å²) in [5.74, 6) is -1.64. The van der Waals surface area contributed by atoms with Crippen molar-refractivity contribution in [2.45, 2.75) is 50.5 Å². The highest BCUT2D eigenvalue weighted by Gasteiger charge is 2.49. The Kier molecular flexibility index (Phi) is 7.36. The summed E-state index contributed by atoms with van der Waals surface area (Å²) < 4.78 is 18.1. The predicted molar refractivity (Wildman–Crippen MR) is 163 cm³/mol. The third-order valence-electron chi connectivity index (χ3n) is 8.63. The number of hydrogen-bond acceptors (Lipinski definition) is 6. The van der Waals surface area contributed by atoms with E-state index in [1.165, 1.54) is 15.8 Å². The van der Waals surface area contributed by atoms with Crippen molar-refractivity contribution in [3.05, 3.63) is 89.7 Å². The molecule has 44 heavy (non-hydrogen) atoms. The number of fused-ring (bicyclic) bond motifs is 1. The Morgan fingerprint density at radius 2 is 2.00 bits per heavy atom. The van der Waals surface area contributed by atoms with Gasteiger partial charge < -0.3 is 20.5 Å². The Hall–Kier alpha value is -5.13. The van der Waals surface area contributed by atoms with Gasteiger partial charge in [0.25, 0.3) is 5.91 Å². The van der Waals surface area contributed by atoms with Gasteiger partial charge in [0.1, 0.15) is 18.8 Å². The lowest BCUT2D eigenvalue weighted by Crippen LogP contribution is -2.49. The summed E-state index contributed by atoms with van der Waals surface area (Å²) in [7, 11) is 1.97. The minimum atomic E-state index is -1.34. The first-order valence-corrected chi connectivity index (χ1v) is 14.4. The molecule has 11 nitrogen and oxygen atoms in total. The largest absolute Gasteiger partial charge is 0.364 e. The second-order valence-corrected chi connectivity index (χ2v) is 11.5. The normalized spacial score (nSPS) is 19.2. The van der Waals surface area contributed by atoms with Gasteiger partial charge in [-0.3, -0.25) is 19.1 Å². The average Bonchev–Trinajstić information content (AvgIpc) is 3.38. The van der Waals surface area contributed by atoms with Crippen LogP contribution in [0.5, 0.6) is 0 Å². The highest BCUT2D eigenvalue weighted by molar-refractivity contribution is 5.99. The Morgan fingerprint density at radius 1 is 1.20 bits per heavy atom. The minimum Gasteiger partial charge on any atom is -0.364 e. The molecule has 4 aromatic rings. The Bertz CT molecular complexity index is 1820. The highest BCUT2D eigenvalue weighted by Crippen LogP contribution is 2.46. The number of hydrogen-bond donors (Lipinski definition) is 2. The van der Waals surface area contributed by atoms with E-state index in [9.17, 15) is 18.8 Å². The molecule has 2 unspecified atom stereocenters. The SMILES string of the molecule is C=C/C(=C\c1c(C(N)=O)nn(CC(=O)N2CC(F)CC2C(=O)NC2(c3ccc4ccn(C)c4c3)CC2)c1C)c1ccnnc1. The molecule has 0 bridgehead atoms. The molecule has 2 aliphatic rings. The molecule has 3 N–H and O–H groups in total. The van der Waals surface area contributed by atoms with Crippen molar-refractivity contribution in [1.82, 2.24) is 34.8 Å². The first kappa shape index (κ1) is 29.0. The standard InChI is InChI=1S/C32H33FN8O3/c1-4-20(22-7-11-35-36-16-22)13-25-19(2)41(38-29(25)30(34)43)18-28(42)40-17-24(33)15-27(40)31(44)37-32(9-10-32)23-6-5-21-8-12-39(3)26(21)14-23/h4-8,11-14,16,24,27H,1,9-10,15,17-18H2,2-3H3,(H2,34,43)(H,37,44)/b20-13+. The van der Waals surface area contributed by atoms with E-state index in [0.717, 1.165) is 29.3 Å². The van der Waals surface area contributed by atoms with Crippen LogP contribution < -0.4 is 11.1 Å². The molecule has 3 amide bonds. The Labute approximate surface area is 253 Å². The molecule has 2 fully saturated rings. The van der Waals surface area contributed by atoms with Crippen molar-refractivity contribution in [2.24, 2.45) is 12.8 Å². The molecule has 1 saturated heterocycles. The van der Waals surface area contributed by atoms with Gasteiger partial charge in [-0.15, -0.1) is 0 Å². The van der Waals surface area contributed by atoms with Gasteiger partial charge in [0, 0.05) is 42.0 Å². The molecule has 226 valence electrons. The lowest BCUT2D eigenvalue weighted by molar-refractivity contribution is -0.139. The van der Waals surface area contributed by atoms with Crippen molar-refractivity contribution in [3.8, 4) is 0 Å². The van der Waals surface area contributed by atoms with Gasteiger partial charge in [-0.2, -0.15) is 15.3 Å². The number of amides is 3. The number of primary amides is 1. The maximum absolute atomic E-state index is 14.7. The number of rotatable bonds is 9. The van der Waals surface area contributed by atoms with E-state index >= 15 is 0 Å². The van der Waals surface area contributed by atoms with Gasteiger partial charge >= 0.3 is 0 Å². The van der Waals surface area contributed by atoms with Crippen molar-refractivity contribution < 1.29 is 18.8 Å². The van der Waals surface area contributed by atoms with Crippen molar-refractivity contribution in [3.63, 3.8) is 0 Å². The lowest BCUT2D eigenvalue weighted by atomic mass is 10.0. The van der Waals surface area contributed by atoms with Crippen LogP contribution in [0.3, 0.4) is 0 Å². The van der Waals surface area contributed by atoms with Gasteiger partial charge in [-0.05, 0) is 60.6 Å². The molecule has 3 aromatic heterocycles. The number of alkyl halides is 1. The average molecular weight is 597 g/mol. The van der Waals surface area contributed by atoms with Crippen LogP contribution in [0.1, 0.15) is 52.1 Å². The highest BCUT2D eigenvalue weighted by atomic mass is 19.1. The summed E-state index contributed by atoms with van der Waals surface area (Å²) in [5.41, 5.74) is 9.39. The van der Waals surface area contributed by atoms with Gasteiger partial charge in [0.2, 0.25) is 11.8 Å². The Balaban J connectivity index is 1.22. The fourth-order valence-corrected chi connectivity index (χ4v) is 5.96. The zero-order valence-corrected chi connectivity index (χ0v) is 24.5. The zero-order chi connectivity index (χ0) is 31.2. The topological polar surface area (TPSA) is 141 Å². The summed E-state index contributed by atoms with van der Waals surface area (Å²) in [4.78, 5) is 40.8. The van der Waals surface area contributed by atoms with E-state index in [-0.39, 0.29) is 31.1 Å². The van der Waals surface area contributed by atoms with Crippen LogP contribution in [0.4, 0.5) is 4.39 Å². The molecule has 4 heterocycles. The van der Waals surface area contributed by atoms with Gasteiger partial charge in [-0.25, -0.2) is 4.39 Å². The van der Waals surface area contributed by atoms with E-state index in [1.807, 2.05) is 36.0 Å². The van der Waals surface area contributed by atoms with E-state index < -0.39 is 29.6 Å². The van der Waals surface area contributed by atoms with E-state index in [4.69, 9.17) is 5.73 Å². The molecule has 1 saturated carbocycles. The first-order valence-electron chi connectivity index (χ1n) is 14.4. The van der Waals surface area contributed by atoms with Crippen LogP contribution >= 0.6 is 0 Å². The minimum absolute atomic E-state index is 0.0263. The molecule has 2 atom stereocenters. The smallest absolute Gasteiger partial charge is 0.269 e. The summed E-state index contributed by atoms with van der Waals surface area (Å²) in [6.07, 6.45) is 8.45. The van der Waals surface area contributed by atoms with E-state index in [0.29, 0.717) is 22.4 Å². The van der Waals surface area contributed by atoms with Crippen LogP contribution in [0.25, 0.3) is 22.6 Å². The molecule has 0 spiro atoms. The van der Waals surface area contributed by atoms with Crippen LogP contribution in [0.15, 0.2) is 61.6 Å². The number of carbonyl (C=O) groups excluding carboxylic acids is 3. The molecular weight excluding hydrogens is 563 g/mol. The second-order valence-electron chi connectivity index (χ2n) is 11.5. The number of aromatic nitrogens is 5. The molecule has 6 rings (SSSR count). The van der Waals surface area contributed by atoms with E-state index in [2.05, 4.69) is 33.3 Å². The first-order chi connectivity index (χ1) is 21.1. The summed E-state index contributed by atoms with van der Waals surface area (Å²) in [6.45, 7) is 5.05. The van der Waals surface area contributed by atoms with Crippen molar-refractivity contribution in [2.75, 3.05) is 6.54 Å². The molecule has 1 aromatic carbocycles. The van der Waals surface area contributed by atoms with Gasteiger partial charge in [-0.1, -0.05) is 24.8 Å². The van der Waals surface area contributed by atoms with Crippen molar-refractivity contribution >= 4 is 40.3 Å². The summed E-state index contributed by atoms with van der Waals surface area (Å²) >= 11 is 0. The molecular formula is C32H33FN8O3. The number of nitrogens with one attached hydrogen (secondary N) is 1. The van der Waals surface area contributed by atoms with Gasteiger partial charge in [0.05, 0.1) is 24.5 Å². The number of nitrogens with zero attached hydrogens (tertiary/aromatic N) is 6.